The molecule has 1 atom stereocenters. The summed E-state index contributed by atoms with van der Waals surface area (Å²) >= 11 is 0. The van der Waals surface area contributed by atoms with Gasteiger partial charge in [0, 0.05) is 43.2 Å². The first-order valence-electron chi connectivity index (χ1n) is 6.30. The Morgan fingerprint density at radius 3 is 2.60 bits per heavy atom. The molecule has 1 heterocycles. The van der Waals surface area contributed by atoms with Gasteiger partial charge in [0.25, 0.3) is 5.69 Å². The van der Waals surface area contributed by atoms with E-state index in [1.165, 1.54) is 24.3 Å². The minimum atomic E-state index is -0.496. The number of nitrogens with zero attached hydrogens (tertiary/aromatic N) is 2. The van der Waals surface area contributed by atoms with Crippen molar-refractivity contribution in [3.63, 3.8) is 0 Å². The molecule has 0 spiro atoms. The molecule has 0 radical (unpaired) electrons. The van der Waals surface area contributed by atoms with Gasteiger partial charge in [0.2, 0.25) is 0 Å². The second kappa shape index (κ2) is 5.68. The van der Waals surface area contributed by atoms with Crippen LogP contribution in [0.1, 0.15) is 13.3 Å². The molecule has 1 N–H and O–H groups in total. The monoisotopic (exact) mass is 277 g/mol. The van der Waals surface area contributed by atoms with Crippen LogP contribution in [-0.2, 0) is 4.79 Å². The molecule has 2 amide bonds. The number of Topliss-reactive ketones (excluding diaryl/α,β-unsaturated/α-hetero) is 1. The maximum atomic E-state index is 12.0. The fourth-order valence-corrected chi connectivity index (χ4v) is 2.07. The molecular weight excluding hydrogens is 262 g/mol. The second-order valence-corrected chi connectivity index (χ2v) is 4.80. The molecule has 1 unspecified atom stereocenters. The number of non-ortho nitro benzene ring substituents is 1. The van der Waals surface area contributed by atoms with E-state index in [9.17, 15) is 19.7 Å². The smallest absolute Gasteiger partial charge is 0.321 e. The first-order chi connectivity index (χ1) is 9.47. The third-order valence-electron chi connectivity index (χ3n) is 3.29. The minimum Gasteiger partial charge on any atom is -0.323 e. The van der Waals surface area contributed by atoms with Crippen molar-refractivity contribution in [1.29, 1.82) is 0 Å². The third kappa shape index (κ3) is 3.11. The van der Waals surface area contributed by atoms with E-state index in [1.807, 2.05) is 0 Å². The van der Waals surface area contributed by atoms with Gasteiger partial charge in [-0.1, -0.05) is 6.92 Å². The van der Waals surface area contributed by atoms with Gasteiger partial charge < -0.3 is 10.2 Å². The fraction of sp³-hybridized carbons (Fsp3) is 0.385. The van der Waals surface area contributed by atoms with E-state index in [-0.39, 0.29) is 23.4 Å². The average molecular weight is 277 g/mol. The number of benzene rings is 1. The molecule has 7 nitrogen and oxygen atoms in total. The van der Waals surface area contributed by atoms with Crippen LogP contribution in [-0.4, -0.2) is 34.7 Å². The largest absolute Gasteiger partial charge is 0.323 e. The van der Waals surface area contributed by atoms with Crippen molar-refractivity contribution in [2.45, 2.75) is 13.3 Å². The summed E-state index contributed by atoms with van der Waals surface area (Å²) in [5.41, 5.74) is 0.463. The summed E-state index contributed by atoms with van der Waals surface area (Å²) in [6, 6.07) is 5.33. The Morgan fingerprint density at radius 1 is 1.40 bits per heavy atom. The number of ketones is 1. The Hall–Kier alpha value is -2.44. The van der Waals surface area contributed by atoms with E-state index in [0.717, 1.165) is 0 Å². The topological polar surface area (TPSA) is 92.6 Å². The predicted octanol–water partition coefficient (Wildman–Crippen LogP) is 2.04. The predicted molar refractivity (Wildman–Crippen MR) is 72.5 cm³/mol. The van der Waals surface area contributed by atoms with Crippen molar-refractivity contribution >= 4 is 23.2 Å². The lowest BCUT2D eigenvalue weighted by atomic mass is 9.99. The van der Waals surface area contributed by atoms with Gasteiger partial charge in [0.15, 0.2) is 0 Å². The second-order valence-electron chi connectivity index (χ2n) is 4.80. The van der Waals surface area contributed by atoms with Gasteiger partial charge in [0.05, 0.1) is 4.92 Å². The lowest BCUT2D eigenvalue weighted by Gasteiger charge is -2.30. The van der Waals surface area contributed by atoms with Crippen molar-refractivity contribution in [2.24, 2.45) is 5.92 Å². The molecule has 0 aliphatic carbocycles. The van der Waals surface area contributed by atoms with Gasteiger partial charge >= 0.3 is 6.03 Å². The Labute approximate surface area is 115 Å². The molecule has 1 aromatic carbocycles. The van der Waals surface area contributed by atoms with Crippen LogP contribution >= 0.6 is 0 Å². The van der Waals surface area contributed by atoms with Crippen LogP contribution in [0.4, 0.5) is 16.2 Å². The SMILES string of the molecule is CC1CN(C(=O)Nc2ccc([N+](=O)[O-])cc2)CCC1=O. The van der Waals surface area contributed by atoms with E-state index in [0.29, 0.717) is 25.2 Å². The molecule has 106 valence electrons. The van der Waals surface area contributed by atoms with Gasteiger partial charge in [-0.25, -0.2) is 4.79 Å². The van der Waals surface area contributed by atoms with Crippen LogP contribution in [0, 0.1) is 16.0 Å². The number of piperidine rings is 1. The van der Waals surface area contributed by atoms with Gasteiger partial charge in [-0.05, 0) is 12.1 Å². The van der Waals surface area contributed by atoms with Crippen molar-refractivity contribution in [1.82, 2.24) is 4.90 Å². The summed E-state index contributed by atoms with van der Waals surface area (Å²) in [5, 5.41) is 13.2. The number of urea groups is 1. The van der Waals surface area contributed by atoms with Crippen LogP contribution in [0.5, 0.6) is 0 Å². The van der Waals surface area contributed by atoms with Crippen molar-refractivity contribution < 1.29 is 14.5 Å². The number of nitro benzene ring substituents is 1. The number of carbonyl (C=O) groups excluding carboxylic acids is 2. The summed E-state index contributed by atoms with van der Waals surface area (Å²) < 4.78 is 0. The number of rotatable bonds is 2. The lowest BCUT2D eigenvalue weighted by molar-refractivity contribution is -0.384. The summed E-state index contributed by atoms with van der Waals surface area (Å²) in [6.07, 6.45) is 0.370. The van der Waals surface area contributed by atoms with E-state index in [2.05, 4.69) is 5.32 Å². The first kappa shape index (κ1) is 14.0. The highest BCUT2D eigenvalue weighted by atomic mass is 16.6. The van der Waals surface area contributed by atoms with Crippen LogP contribution in [0.3, 0.4) is 0 Å². The summed E-state index contributed by atoms with van der Waals surface area (Å²) in [4.78, 5) is 35.0. The number of hydrogen-bond acceptors (Lipinski definition) is 4. The number of carbonyl (C=O) groups is 2. The van der Waals surface area contributed by atoms with Gasteiger partial charge in [-0.3, -0.25) is 14.9 Å². The van der Waals surface area contributed by atoms with Crippen molar-refractivity contribution in [3.8, 4) is 0 Å². The Morgan fingerprint density at radius 2 is 2.05 bits per heavy atom. The van der Waals surface area contributed by atoms with Gasteiger partial charge in [-0.15, -0.1) is 0 Å². The normalized spacial score (nSPS) is 18.8. The van der Waals surface area contributed by atoms with Gasteiger partial charge in [-0.2, -0.15) is 0 Å². The number of hydrogen-bond donors (Lipinski definition) is 1. The highest BCUT2D eigenvalue weighted by Gasteiger charge is 2.26. The zero-order chi connectivity index (χ0) is 14.7. The Balaban J connectivity index is 1.97. The number of nitro groups is 1. The third-order valence-corrected chi connectivity index (χ3v) is 3.29. The molecule has 0 aromatic heterocycles. The van der Waals surface area contributed by atoms with Crippen LogP contribution in [0.15, 0.2) is 24.3 Å². The molecule has 2 rings (SSSR count). The molecule has 7 heteroatoms. The number of nitrogens with one attached hydrogen (secondary N) is 1. The summed E-state index contributed by atoms with van der Waals surface area (Å²) in [7, 11) is 0. The zero-order valence-corrected chi connectivity index (χ0v) is 11.0. The van der Waals surface area contributed by atoms with E-state index < -0.39 is 4.92 Å². The summed E-state index contributed by atoms with van der Waals surface area (Å²) in [6.45, 7) is 2.60. The molecular formula is C13H15N3O4. The number of anilines is 1. The van der Waals surface area contributed by atoms with Crippen LogP contribution in [0.25, 0.3) is 0 Å². The van der Waals surface area contributed by atoms with Crippen molar-refractivity contribution in [2.75, 3.05) is 18.4 Å². The number of amides is 2. The number of likely N-dealkylation sites (tertiary alicyclic amines) is 1. The molecule has 20 heavy (non-hydrogen) atoms. The van der Waals surface area contributed by atoms with Crippen molar-refractivity contribution in [3.05, 3.63) is 34.4 Å². The molecule has 1 saturated heterocycles. The van der Waals surface area contributed by atoms with Crippen LogP contribution in [0.2, 0.25) is 0 Å². The first-order valence-corrected chi connectivity index (χ1v) is 6.30. The quantitative estimate of drug-likeness (QED) is 0.661. The molecule has 0 saturated carbocycles. The fourth-order valence-electron chi connectivity index (χ4n) is 2.07. The Kier molecular flexibility index (Phi) is 3.97. The average Bonchev–Trinajstić information content (AvgIpc) is 2.42. The van der Waals surface area contributed by atoms with Crippen LogP contribution < -0.4 is 5.32 Å². The lowest BCUT2D eigenvalue weighted by Crippen LogP contribution is -2.45. The van der Waals surface area contributed by atoms with E-state index in [1.54, 1.807) is 11.8 Å². The standard InChI is InChI=1S/C13H15N3O4/c1-9-8-15(7-6-12(9)17)13(18)14-10-2-4-11(5-3-10)16(19)20/h2-5,9H,6-8H2,1H3,(H,14,18). The summed E-state index contributed by atoms with van der Waals surface area (Å²) in [5.74, 6) is 0.0238. The molecule has 1 fully saturated rings. The molecule has 1 aliphatic rings. The maximum absolute atomic E-state index is 12.0. The minimum absolute atomic E-state index is 0.0276. The molecule has 0 bridgehead atoms. The highest BCUT2D eigenvalue weighted by molar-refractivity contribution is 5.91. The van der Waals surface area contributed by atoms with Gasteiger partial charge in [0.1, 0.15) is 5.78 Å². The maximum Gasteiger partial charge on any atom is 0.321 e. The van der Waals surface area contributed by atoms with E-state index >= 15 is 0 Å². The molecule has 1 aromatic rings. The Bertz CT molecular complexity index is 541. The molecule has 1 aliphatic heterocycles. The van der Waals surface area contributed by atoms with E-state index in [4.69, 9.17) is 0 Å². The zero-order valence-electron chi connectivity index (χ0n) is 11.0. The highest BCUT2D eigenvalue weighted by Crippen LogP contribution is 2.17.